The Morgan fingerprint density at radius 3 is 2.58 bits per heavy atom. The van der Waals surface area contributed by atoms with E-state index in [-0.39, 0.29) is 18.1 Å². The van der Waals surface area contributed by atoms with E-state index in [4.69, 9.17) is 10.5 Å². The van der Waals surface area contributed by atoms with Gasteiger partial charge in [-0.25, -0.2) is 0 Å². The second kappa shape index (κ2) is 7.22. The lowest BCUT2D eigenvalue weighted by Crippen LogP contribution is -2.54. The molecule has 2 aliphatic rings. The van der Waals surface area contributed by atoms with Crippen molar-refractivity contribution >= 4 is 5.91 Å². The molecule has 110 valence electrons. The van der Waals surface area contributed by atoms with Gasteiger partial charge in [0.1, 0.15) is 0 Å². The van der Waals surface area contributed by atoms with Gasteiger partial charge >= 0.3 is 0 Å². The maximum absolute atomic E-state index is 12.6. The first-order chi connectivity index (χ1) is 9.22. The fraction of sp³-hybridized carbons (Fsp3) is 0.929. The van der Waals surface area contributed by atoms with Crippen molar-refractivity contribution < 1.29 is 9.53 Å². The quantitative estimate of drug-likeness (QED) is 0.807. The molecule has 0 spiro atoms. The standard InChI is InChI=1S/C14H27N3O2/c1-12(17-8-9-19-13(10-15)11-17)14(18)16-6-4-2-3-5-7-16/h12-13H,2-11,15H2,1H3. The number of hydrogen-bond donors (Lipinski definition) is 1. The molecule has 19 heavy (non-hydrogen) atoms. The van der Waals surface area contributed by atoms with Crippen LogP contribution >= 0.6 is 0 Å². The highest BCUT2D eigenvalue weighted by atomic mass is 16.5. The summed E-state index contributed by atoms with van der Waals surface area (Å²) in [5.74, 6) is 0.277. The van der Waals surface area contributed by atoms with E-state index in [1.54, 1.807) is 0 Å². The second-order valence-electron chi connectivity index (χ2n) is 5.64. The molecule has 2 saturated heterocycles. The number of likely N-dealkylation sites (tertiary alicyclic amines) is 1. The second-order valence-corrected chi connectivity index (χ2v) is 5.64. The third-order valence-corrected chi connectivity index (χ3v) is 4.26. The van der Waals surface area contributed by atoms with Crippen LogP contribution in [-0.2, 0) is 9.53 Å². The van der Waals surface area contributed by atoms with Gasteiger partial charge in [0, 0.05) is 32.7 Å². The fourth-order valence-electron chi connectivity index (χ4n) is 2.95. The van der Waals surface area contributed by atoms with E-state index in [0.29, 0.717) is 13.2 Å². The molecule has 0 bridgehead atoms. The number of carbonyl (C=O) groups is 1. The minimum Gasteiger partial charge on any atom is -0.374 e. The van der Waals surface area contributed by atoms with E-state index in [0.717, 1.165) is 39.0 Å². The van der Waals surface area contributed by atoms with Crippen LogP contribution in [0.1, 0.15) is 32.6 Å². The fourth-order valence-corrected chi connectivity index (χ4v) is 2.95. The van der Waals surface area contributed by atoms with Crippen LogP contribution in [0.15, 0.2) is 0 Å². The molecule has 5 nitrogen and oxygen atoms in total. The molecule has 0 radical (unpaired) electrons. The molecule has 2 rings (SSSR count). The van der Waals surface area contributed by atoms with Crippen molar-refractivity contribution in [3.63, 3.8) is 0 Å². The Morgan fingerprint density at radius 1 is 1.26 bits per heavy atom. The van der Waals surface area contributed by atoms with Crippen LogP contribution in [0.5, 0.6) is 0 Å². The summed E-state index contributed by atoms with van der Waals surface area (Å²) in [7, 11) is 0. The average molecular weight is 269 g/mol. The van der Waals surface area contributed by atoms with Crippen molar-refractivity contribution in [2.24, 2.45) is 5.73 Å². The Morgan fingerprint density at radius 2 is 1.95 bits per heavy atom. The van der Waals surface area contributed by atoms with Crippen molar-refractivity contribution in [1.29, 1.82) is 0 Å². The Balaban J connectivity index is 1.89. The van der Waals surface area contributed by atoms with Gasteiger partial charge < -0.3 is 15.4 Å². The number of carbonyl (C=O) groups excluding carboxylic acids is 1. The van der Waals surface area contributed by atoms with Gasteiger partial charge in [0.25, 0.3) is 0 Å². The molecule has 2 N–H and O–H groups in total. The maximum Gasteiger partial charge on any atom is 0.239 e. The molecule has 2 aliphatic heterocycles. The van der Waals surface area contributed by atoms with Crippen LogP contribution in [0, 0.1) is 0 Å². The molecule has 1 amide bonds. The zero-order chi connectivity index (χ0) is 13.7. The van der Waals surface area contributed by atoms with Crippen LogP contribution in [-0.4, -0.2) is 67.2 Å². The highest BCUT2D eigenvalue weighted by molar-refractivity contribution is 5.81. The smallest absolute Gasteiger partial charge is 0.239 e. The Bertz CT molecular complexity index is 290. The third kappa shape index (κ3) is 3.91. The van der Waals surface area contributed by atoms with Crippen molar-refractivity contribution in [2.45, 2.75) is 44.8 Å². The topological polar surface area (TPSA) is 58.8 Å². The number of rotatable bonds is 3. The highest BCUT2D eigenvalue weighted by Gasteiger charge is 2.30. The summed E-state index contributed by atoms with van der Waals surface area (Å²) in [6.07, 6.45) is 4.88. The number of nitrogens with two attached hydrogens (primary N) is 1. The summed E-state index contributed by atoms with van der Waals surface area (Å²) in [5.41, 5.74) is 5.66. The van der Waals surface area contributed by atoms with E-state index < -0.39 is 0 Å². The first-order valence-electron chi connectivity index (χ1n) is 7.57. The summed E-state index contributed by atoms with van der Waals surface area (Å²) in [6, 6.07) is -0.0453. The number of hydrogen-bond acceptors (Lipinski definition) is 4. The zero-order valence-electron chi connectivity index (χ0n) is 12.0. The average Bonchev–Trinajstić information content (AvgIpc) is 2.75. The molecule has 2 atom stereocenters. The van der Waals surface area contributed by atoms with Gasteiger partial charge in [0.05, 0.1) is 18.8 Å². The Labute approximate surface area is 116 Å². The molecule has 2 heterocycles. The lowest BCUT2D eigenvalue weighted by Gasteiger charge is -2.37. The predicted octanol–water partition coefficient (Wildman–Crippen LogP) is 0.437. The van der Waals surface area contributed by atoms with Gasteiger partial charge in [-0.05, 0) is 19.8 Å². The zero-order valence-corrected chi connectivity index (χ0v) is 12.0. The van der Waals surface area contributed by atoms with Crippen molar-refractivity contribution in [2.75, 3.05) is 39.3 Å². The SMILES string of the molecule is CC(C(=O)N1CCCCCC1)N1CCOC(CN)C1. The summed E-state index contributed by atoms with van der Waals surface area (Å²) in [6.45, 7) is 6.68. The van der Waals surface area contributed by atoms with Crippen molar-refractivity contribution in [1.82, 2.24) is 9.80 Å². The molecule has 0 aromatic heterocycles. The van der Waals surface area contributed by atoms with E-state index in [2.05, 4.69) is 4.90 Å². The molecule has 0 aromatic carbocycles. The van der Waals surface area contributed by atoms with Crippen molar-refractivity contribution in [3.8, 4) is 0 Å². The summed E-state index contributed by atoms with van der Waals surface area (Å²) in [4.78, 5) is 16.8. The van der Waals surface area contributed by atoms with Gasteiger partial charge in [-0.2, -0.15) is 0 Å². The first-order valence-corrected chi connectivity index (χ1v) is 7.57. The van der Waals surface area contributed by atoms with Gasteiger partial charge in [0.2, 0.25) is 5.91 Å². The van der Waals surface area contributed by atoms with Crippen LogP contribution in [0.25, 0.3) is 0 Å². The number of nitrogens with zero attached hydrogens (tertiary/aromatic N) is 2. The third-order valence-electron chi connectivity index (χ3n) is 4.26. The normalized spacial score (nSPS) is 27.9. The van der Waals surface area contributed by atoms with Crippen LogP contribution in [0.4, 0.5) is 0 Å². The molecular formula is C14H27N3O2. The van der Waals surface area contributed by atoms with Crippen molar-refractivity contribution in [3.05, 3.63) is 0 Å². The molecule has 0 aliphatic carbocycles. The number of amides is 1. The Hall–Kier alpha value is -0.650. The van der Waals surface area contributed by atoms with E-state index in [9.17, 15) is 4.79 Å². The van der Waals surface area contributed by atoms with Gasteiger partial charge in [-0.1, -0.05) is 12.8 Å². The maximum atomic E-state index is 12.6. The monoisotopic (exact) mass is 269 g/mol. The predicted molar refractivity (Wildman–Crippen MR) is 74.9 cm³/mol. The van der Waals surface area contributed by atoms with Crippen LogP contribution < -0.4 is 5.73 Å². The molecule has 2 fully saturated rings. The molecule has 5 heteroatoms. The van der Waals surface area contributed by atoms with Gasteiger partial charge in [-0.15, -0.1) is 0 Å². The summed E-state index contributed by atoms with van der Waals surface area (Å²) in [5, 5.41) is 0. The number of ether oxygens (including phenoxy) is 1. The Kier molecular flexibility index (Phi) is 5.60. The molecule has 0 aromatic rings. The van der Waals surface area contributed by atoms with Gasteiger partial charge in [-0.3, -0.25) is 9.69 Å². The lowest BCUT2D eigenvalue weighted by molar-refractivity contribution is -0.139. The van der Waals surface area contributed by atoms with E-state index >= 15 is 0 Å². The molecule has 0 saturated carbocycles. The first kappa shape index (κ1) is 14.8. The van der Waals surface area contributed by atoms with E-state index in [1.165, 1.54) is 12.8 Å². The summed E-state index contributed by atoms with van der Waals surface area (Å²) < 4.78 is 5.56. The largest absolute Gasteiger partial charge is 0.374 e. The highest BCUT2D eigenvalue weighted by Crippen LogP contribution is 2.14. The minimum absolute atomic E-state index is 0.0453. The number of morpholine rings is 1. The van der Waals surface area contributed by atoms with E-state index in [1.807, 2.05) is 11.8 Å². The van der Waals surface area contributed by atoms with Crippen LogP contribution in [0.3, 0.4) is 0 Å². The lowest BCUT2D eigenvalue weighted by atomic mass is 10.2. The minimum atomic E-state index is -0.0453. The summed E-state index contributed by atoms with van der Waals surface area (Å²) >= 11 is 0. The molecule has 2 unspecified atom stereocenters. The van der Waals surface area contributed by atoms with Gasteiger partial charge in [0.15, 0.2) is 0 Å². The molecular weight excluding hydrogens is 242 g/mol. The van der Waals surface area contributed by atoms with Crippen LogP contribution in [0.2, 0.25) is 0 Å².